The minimum atomic E-state index is -4.30. The molecule has 0 aliphatic carbocycles. The van der Waals surface area contributed by atoms with Crippen molar-refractivity contribution in [3.63, 3.8) is 0 Å². The van der Waals surface area contributed by atoms with Gasteiger partial charge in [0.15, 0.2) is 0 Å². The van der Waals surface area contributed by atoms with Crippen LogP contribution in [0.4, 0.5) is 10.1 Å². The summed E-state index contributed by atoms with van der Waals surface area (Å²) in [5.41, 5.74) is 2.29. The lowest BCUT2D eigenvalue weighted by Crippen LogP contribution is -2.56. The summed E-state index contributed by atoms with van der Waals surface area (Å²) in [5.74, 6) is -1.49. The van der Waals surface area contributed by atoms with Gasteiger partial charge in [0.25, 0.3) is 10.0 Å². The summed E-state index contributed by atoms with van der Waals surface area (Å²) < 4.78 is 42.6. The zero-order valence-corrected chi connectivity index (χ0v) is 26.2. The van der Waals surface area contributed by atoms with Crippen LogP contribution in [0.25, 0.3) is 0 Å². The second kappa shape index (κ2) is 13.9. The second-order valence-corrected chi connectivity index (χ2v) is 13.6. The molecule has 230 valence electrons. The monoisotopic (exact) mass is 615 g/mol. The average Bonchev–Trinajstić information content (AvgIpc) is 2.98. The van der Waals surface area contributed by atoms with Crippen molar-refractivity contribution in [2.24, 2.45) is 0 Å². The van der Waals surface area contributed by atoms with Gasteiger partial charge in [-0.15, -0.1) is 0 Å². The fourth-order valence-corrected chi connectivity index (χ4v) is 6.25. The molecule has 0 aliphatic heterocycles. The maximum atomic E-state index is 14.5. The summed E-state index contributed by atoms with van der Waals surface area (Å²) in [6.45, 7) is 7.03. The van der Waals surface area contributed by atoms with Crippen molar-refractivity contribution in [2.45, 2.75) is 57.1 Å². The maximum Gasteiger partial charge on any atom is 0.264 e. The summed E-state index contributed by atoms with van der Waals surface area (Å²) in [5, 5.41) is 3.02. The summed E-state index contributed by atoms with van der Waals surface area (Å²) >= 11 is 0. The zero-order chi connectivity index (χ0) is 31.9. The molecule has 0 saturated carbocycles. The van der Waals surface area contributed by atoms with Crippen LogP contribution in [0, 0.1) is 12.7 Å². The Balaban J connectivity index is 1.81. The SMILES string of the molecule is Cc1ccccc1CN(C(=O)CN(c1ccccc1)S(=O)(=O)c1ccc(F)cc1)[C@H](Cc1ccccc1)C(=O)NC(C)(C)C. The van der Waals surface area contributed by atoms with E-state index in [-0.39, 0.29) is 29.5 Å². The molecule has 1 atom stereocenters. The van der Waals surface area contributed by atoms with Crippen molar-refractivity contribution < 1.29 is 22.4 Å². The number of hydrogen-bond acceptors (Lipinski definition) is 4. The van der Waals surface area contributed by atoms with Crippen LogP contribution in [-0.2, 0) is 32.6 Å². The van der Waals surface area contributed by atoms with E-state index in [2.05, 4.69) is 5.32 Å². The highest BCUT2D eigenvalue weighted by Gasteiger charge is 2.35. The first-order valence-corrected chi connectivity index (χ1v) is 15.8. The molecule has 0 bridgehead atoms. The third-order valence-electron chi connectivity index (χ3n) is 7.10. The number of anilines is 1. The molecule has 1 N–H and O–H groups in total. The van der Waals surface area contributed by atoms with Gasteiger partial charge >= 0.3 is 0 Å². The highest BCUT2D eigenvalue weighted by molar-refractivity contribution is 7.92. The molecule has 7 nitrogen and oxygen atoms in total. The third kappa shape index (κ3) is 8.32. The van der Waals surface area contributed by atoms with Crippen molar-refractivity contribution >= 4 is 27.5 Å². The number of nitrogens with one attached hydrogen (secondary N) is 1. The standard InChI is InChI=1S/C35H38FN3O4S/c1-26-13-11-12-16-28(26)24-38(32(34(41)37-35(2,3)4)23-27-14-7-5-8-15-27)33(40)25-39(30-17-9-6-10-18-30)44(42,43)31-21-19-29(36)20-22-31/h5-22,32H,23-25H2,1-4H3,(H,37,41)/t32-/m1/s1. The van der Waals surface area contributed by atoms with Gasteiger partial charge in [0, 0.05) is 18.5 Å². The van der Waals surface area contributed by atoms with Crippen molar-refractivity contribution in [3.8, 4) is 0 Å². The number of sulfonamides is 1. The van der Waals surface area contributed by atoms with Gasteiger partial charge in [-0.1, -0.05) is 72.8 Å². The van der Waals surface area contributed by atoms with E-state index in [9.17, 15) is 22.4 Å². The zero-order valence-electron chi connectivity index (χ0n) is 25.4. The lowest BCUT2D eigenvalue weighted by molar-refractivity contribution is -0.140. The van der Waals surface area contributed by atoms with Crippen LogP contribution in [-0.4, -0.2) is 43.3 Å². The second-order valence-electron chi connectivity index (χ2n) is 11.7. The third-order valence-corrected chi connectivity index (χ3v) is 8.88. The van der Waals surface area contributed by atoms with E-state index < -0.39 is 39.9 Å². The van der Waals surface area contributed by atoms with Gasteiger partial charge in [0.2, 0.25) is 11.8 Å². The number of benzene rings is 4. The number of para-hydroxylation sites is 1. The molecular weight excluding hydrogens is 577 g/mol. The number of amides is 2. The maximum absolute atomic E-state index is 14.5. The Kier molecular flexibility index (Phi) is 10.2. The Labute approximate surface area is 259 Å². The van der Waals surface area contributed by atoms with Gasteiger partial charge in [0.05, 0.1) is 10.6 Å². The highest BCUT2D eigenvalue weighted by Crippen LogP contribution is 2.25. The van der Waals surface area contributed by atoms with E-state index in [4.69, 9.17) is 0 Å². The van der Waals surface area contributed by atoms with Crippen molar-refractivity contribution in [1.82, 2.24) is 10.2 Å². The van der Waals surface area contributed by atoms with E-state index in [0.29, 0.717) is 0 Å². The fraction of sp³-hybridized carbons (Fsp3) is 0.257. The Morgan fingerprint density at radius 2 is 1.39 bits per heavy atom. The lowest BCUT2D eigenvalue weighted by atomic mass is 10.00. The molecule has 0 radical (unpaired) electrons. The molecule has 0 spiro atoms. The first-order chi connectivity index (χ1) is 20.8. The van der Waals surface area contributed by atoms with Crippen LogP contribution in [0.3, 0.4) is 0 Å². The van der Waals surface area contributed by atoms with E-state index >= 15 is 0 Å². The molecule has 0 heterocycles. The predicted octanol–water partition coefficient (Wildman–Crippen LogP) is 5.88. The molecular formula is C35H38FN3O4S. The number of carbonyl (C=O) groups excluding carboxylic acids is 2. The van der Waals surface area contributed by atoms with E-state index in [1.54, 1.807) is 30.3 Å². The van der Waals surface area contributed by atoms with Crippen LogP contribution in [0.1, 0.15) is 37.5 Å². The molecule has 2 amide bonds. The van der Waals surface area contributed by atoms with Gasteiger partial charge in [0.1, 0.15) is 18.4 Å². The summed E-state index contributed by atoms with van der Waals surface area (Å²) in [6.07, 6.45) is 0.219. The van der Waals surface area contributed by atoms with E-state index in [1.165, 1.54) is 17.0 Å². The first kappa shape index (κ1) is 32.4. The van der Waals surface area contributed by atoms with Crippen LogP contribution >= 0.6 is 0 Å². The fourth-order valence-electron chi connectivity index (χ4n) is 4.83. The predicted molar refractivity (Wildman–Crippen MR) is 171 cm³/mol. The van der Waals surface area contributed by atoms with Crippen LogP contribution in [0.2, 0.25) is 0 Å². The van der Waals surface area contributed by atoms with Gasteiger partial charge < -0.3 is 10.2 Å². The van der Waals surface area contributed by atoms with Crippen molar-refractivity contribution in [3.05, 3.63) is 132 Å². The van der Waals surface area contributed by atoms with Gasteiger partial charge in [-0.2, -0.15) is 0 Å². The van der Waals surface area contributed by atoms with E-state index in [1.807, 2.05) is 82.3 Å². The Bertz CT molecular complexity index is 1670. The number of hydrogen-bond donors (Lipinski definition) is 1. The normalized spacial score (nSPS) is 12.3. The largest absolute Gasteiger partial charge is 0.350 e. The summed E-state index contributed by atoms with van der Waals surface area (Å²) in [7, 11) is -4.30. The van der Waals surface area contributed by atoms with Crippen LogP contribution in [0.15, 0.2) is 114 Å². The summed E-state index contributed by atoms with van der Waals surface area (Å²) in [4.78, 5) is 29.7. The van der Waals surface area contributed by atoms with Gasteiger partial charge in [-0.25, -0.2) is 12.8 Å². The number of aryl methyl sites for hydroxylation is 1. The number of nitrogens with zero attached hydrogens (tertiary/aromatic N) is 2. The number of carbonyl (C=O) groups is 2. The molecule has 0 fully saturated rings. The molecule has 0 saturated heterocycles. The van der Waals surface area contributed by atoms with Crippen molar-refractivity contribution in [2.75, 3.05) is 10.8 Å². The Hall–Kier alpha value is -4.50. The number of halogens is 1. The minimum absolute atomic E-state index is 0.0831. The topological polar surface area (TPSA) is 86.8 Å². The van der Waals surface area contributed by atoms with Crippen LogP contribution in [0.5, 0.6) is 0 Å². The smallest absolute Gasteiger partial charge is 0.264 e. The molecule has 9 heteroatoms. The van der Waals surface area contributed by atoms with E-state index in [0.717, 1.165) is 33.1 Å². The molecule has 0 aromatic heterocycles. The van der Waals surface area contributed by atoms with Gasteiger partial charge in [-0.3, -0.25) is 13.9 Å². The molecule has 0 unspecified atom stereocenters. The highest BCUT2D eigenvalue weighted by atomic mass is 32.2. The molecule has 4 aromatic carbocycles. The lowest BCUT2D eigenvalue weighted by Gasteiger charge is -2.35. The molecule has 0 aliphatic rings. The summed E-state index contributed by atoms with van der Waals surface area (Å²) in [6, 6.07) is 28.8. The van der Waals surface area contributed by atoms with Crippen molar-refractivity contribution in [1.29, 1.82) is 0 Å². The molecule has 4 rings (SSSR count). The Morgan fingerprint density at radius 1 is 0.818 bits per heavy atom. The van der Waals surface area contributed by atoms with Crippen LogP contribution < -0.4 is 9.62 Å². The average molecular weight is 616 g/mol. The minimum Gasteiger partial charge on any atom is -0.350 e. The van der Waals surface area contributed by atoms with Gasteiger partial charge in [-0.05, 0) is 80.8 Å². The quantitative estimate of drug-likeness (QED) is 0.228. The molecule has 44 heavy (non-hydrogen) atoms. The molecule has 4 aromatic rings. The first-order valence-electron chi connectivity index (χ1n) is 14.4. The Morgan fingerprint density at radius 3 is 1.98 bits per heavy atom. The number of rotatable bonds is 11.